The number of hydrogen-bond donors (Lipinski definition) is 1. The molecule has 7 heteroatoms. The molecule has 0 aliphatic carbocycles. The molecule has 1 amide bonds. The van der Waals surface area contributed by atoms with Crippen molar-refractivity contribution in [3.05, 3.63) is 36.0 Å². The molecule has 0 radical (unpaired) electrons. The molecule has 3 rings (SSSR count). The van der Waals surface area contributed by atoms with E-state index in [1.807, 2.05) is 6.07 Å². The van der Waals surface area contributed by atoms with Crippen LogP contribution in [0, 0.1) is 5.92 Å². The number of hydrogen-bond acceptors (Lipinski definition) is 6. The normalized spacial score (nSPS) is 16.4. The molecule has 150 valence electrons. The van der Waals surface area contributed by atoms with Crippen LogP contribution in [0.4, 0.5) is 11.5 Å². The number of pyridine rings is 1. The smallest absolute Gasteiger partial charge is 0.255 e. The number of amides is 1. The third-order valence-electron chi connectivity index (χ3n) is 4.91. The zero-order chi connectivity index (χ0) is 20.1. The molecule has 1 aromatic carbocycles. The lowest BCUT2D eigenvalue weighted by molar-refractivity contribution is 0.102. The van der Waals surface area contributed by atoms with Crippen molar-refractivity contribution < 1.29 is 19.0 Å². The van der Waals surface area contributed by atoms with Crippen LogP contribution in [0.5, 0.6) is 17.2 Å². The van der Waals surface area contributed by atoms with Crippen LogP contribution in [-0.2, 0) is 0 Å². The quantitative estimate of drug-likeness (QED) is 0.819. The zero-order valence-corrected chi connectivity index (χ0v) is 16.8. The predicted molar refractivity (Wildman–Crippen MR) is 109 cm³/mol. The largest absolute Gasteiger partial charge is 0.493 e. The fourth-order valence-electron chi connectivity index (χ4n) is 3.49. The van der Waals surface area contributed by atoms with E-state index in [0.29, 0.717) is 34.4 Å². The van der Waals surface area contributed by atoms with Crippen LogP contribution in [0.1, 0.15) is 30.1 Å². The van der Waals surface area contributed by atoms with Crippen LogP contribution in [0.15, 0.2) is 30.5 Å². The van der Waals surface area contributed by atoms with Crippen LogP contribution >= 0.6 is 0 Å². The van der Waals surface area contributed by atoms with Gasteiger partial charge in [-0.1, -0.05) is 6.92 Å². The third kappa shape index (κ3) is 4.30. The molecule has 0 bridgehead atoms. The molecule has 2 heterocycles. The number of piperidine rings is 1. The van der Waals surface area contributed by atoms with Gasteiger partial charge in [0.1, 0.15) is 5.82 Å². The number of nitrogens with one attached hydrogen (secondary N) is 1. The summed E-state index contributed by atoms with van der Waals surface area (Å²) >= 11 is 0. The Kier molecular flexibility index (Phi) is 6.23. The highest BCUT2D eigenvalue weighted by atomic mass is 16.5. The van der Waals surface area contributed by atoms with Gasteiger partial charge in [0.15, 0.2) is 11.5 Å². The molecule has 1 fully saturated rings. The summed E-state index contributed by atoms with van der Waals surface area (Å²) < 4.78 is 16.0. The maximum atomic E-state index is 12.8. The first kappa shape index (κ1) is 19.8. The molecule has 1 saturated heterocycles. The summed E-state index contributed by atoms with van der Waals surface area (Å²) in [6, 6.07) is 6.96. The van der Waals surface area contributed by atoms with E-state index in [4.69, 9.17) is 14.2 Å². The third-order valence-corrected chi connectivity index (χ3v) is 4.91. The van der Waals surface area contributed by atoms with Gasteiger partial charge >= 0.3 is 0 Å². The van der Waals surface area contributed by atoms with Gasteiger partial charge in [-0.3, -0.25) is 4.79 Å². The molecule has 1 aliphatic heterocycles. The maximum absolute atomic E-state index is 12.8. The highest BCUT2D eigenvalue weighted by Gasteiger charge is 2.19. The number of carbonyl (C=O) groups excluding carboxylic acids is 1. The van der Waals surface area contributed by atoms with Gasteiger partial charge < -0.3 is 24.4 Å². The second-order valence-corrected chi connectivity index (χ2v) is 6.96. The molecule has 1 aromatic heterocycles. The Balaban J connectivity index is 1.81. The highest BCUT2D eigenvalue weighted by molar-refractivity contribution is 6.05. The minimum atomic E-state index is -0.219. The molecule has 1 unspecified atom stereocenters. The second kappa shape index (κ2) is 8.82. The summed E-state index contributed by atoms with van der Waals surface area (Å²) in [7, 11) is 4.62. The van der Waals surface area contributed by atoms with E-state index in [2.05, 4.69) is 22.1 Å². The molecule has 7 nitrogen and oxygen atoms in total. The van der Waals surface area contributed by atoms with Crippen molar-refractivity contribution in [2.75, 3.05) is 44.6 Å². The van der Waals surface area contributed by atoms with Gasteiger partial charge in [0.2, 0.25) is 5.75 Å². The summed E-state index contributed by atoms with van der Waals surface area (Å²) in [5.41, 5.74) is 1.11. The first-order chi connectivity index (χ1) is 13.5. The van der Waals surface area contributed by atoms with Crippen molar-refractivity contribution in [3.8, 4) is 17.2 Å². The Hall–Kier alpha value is -2.96. The number of benzene rings is 1. The molecule has 1 N–H and O–H groups in total. The standard InChI is InChI=1S/C21H27N3O4/c1-14-6-5-9-24(13-14)19-10-15(7-8-22-19)21(25)23-16-11-17(26-2)20(28-4)18(12-16)27-3/h7-8,10-12,14H,5-6,9,13H2,1-4H3,(H,23,25). The van der Waals surface area contributed by atoms with Crippen molar-refractivity contribution in [2.45, 2.75) is 19.8 Å². The molecule has 0 saturated carbocycles. The second-order valence-electron chi connectivity index (χ2n) is 6.96. The zero-order valence-electron chi connectivity index (χ0n) is 16.8. The first-order valence-corrected chi connectivity index (χ1v) is 9.38. The topological polar surface area (TPSA) is 72.9 Å². The van der Waals surface area contributed by atoms with Gasteiger partial charge in [-0.05, 0) is 30.9 Å². The number of methoxy groups -OCH3 is 3. The summed E-state index contributed by atoms with van der Waals surface area (Å²) in [4.78, 5) is 19.5. The van der Waals surface area contributed by atoms with E-state index in [1.165, 1.54) is 20.6 Å². The fraction of sp³-hybridized carbons (Fsp3) is 0.429. The van der Waals surface area contributed by atoms with E-state index in [1.54, 1.807) is 31.5 Å². The number of ether oxygens (including phenoxy) is 3. The van der Waals surface area contributed by atoms with Crippen molar-refractivity contribution in [1.82, 2.24) is 4.98 Å². The minimum absolute atomic E-state index is 0.219. The average Bonchev–Trinajstić information content (AvgIpc) is 2.73. The van der Waals surface area contributed by atoms with Crippen LogP contribution in [0.25, 0.3) is 0 Å². The fourth-order valence-corrected chi connectivity index (χ4v) is 3.49. The summed E-state index contributed by atoms with van der Waals surface area (Å²) in [5, 5.41) is 2.90. The van der Waals surface area contributed by atoms with E-state index in [-0.39, 0.29) is 5.91 Å². The van der Waals surface area contributed by atoms with Crippen LogP contribution < -0.4 is 24.4 Å². The SMILES string of the molecule is COc1cc(NC(=O)c2ccnc(N3CCCC(C)C3)c2)cc(OC)c1OC. The first-order valence-electron chi connectivity index (χ1n) is 9.38. The Bertz CT molecular complexity index is 815. The lowest BCUT2D eigenvalue weighted by Crippen LogP contribution is -2.34. The molecular formula is C21H27N3O4. The van der Waals surface area contributed by atoms with Crippen LogP contribution in [-0.4, -0.2) is 45.3 Å². The molecule has 1 aliphatic rings. The average molecular weight is 385 g/mol. The van der Waals surface area contributed by atoms with Crippen LogP contribution in [0.3, 0.4) is 0 Å². The Labute approximate surface area is 165 Å². The molecule has 1 atom stereocenters. The highest BCUT2D eigenvalue weighted by Crippen LogP contribution is 2.40. The van der Waals surface area contributed by atoms with E-state index in [0.717, 1.165) is 25.3 Å². The number of nitrogens with zero attached hydrogens (tertiary/aromatic N) is 2. The predicted octanol–water partition coefficient (Wildman–Crippen LogP) is 3.60. The Morgan fingerprint density at radius 3 is 2.46 bits per heavy atom. The van der Waals surface area contributed by atoms with Crippen LogP contribution in [0.2, 0.25) is 0 Å². The number of rotatable bonds is 6. The van der Waals surface area contributed by atoms with Gasteiger partial charge in [0.05, 0.1) is 21.3 Å². The number of aromatic nitrogens is 1. The summed E-state index contributed by atoms with van der Waals surface area (Å²) in [6.45, 7) is 4.17. The Morgan fingerprint density at radius 1 is 1.14 bits per heavy atom. The van der Waals surface area contributed by atoms with Gasteiger partial charge in [0, 0.05) is 42.7 Å². The maximum Gasteiger partial charge on any atom is 0.255 e. The lowest BCUT2D eigenvalue weighted by atomic mass is 10.0. The Morgan fingerprint density at radius 2 is 1.86 bits per heavy atom. The van der Waals surface area contributed by atoms with Gasteiger partial charge in [-0.2, -0.15) is 0 Å². The minimum Gasteiger partial charge on any atom is -0.493 e. The van der Waals surface area contributed by atoms with Crippen molar-refractivity contribution in [1.29, 1.82) is 0 Å². The number of carbonyl (C=O) groups is 1. The molecule has 2 aromatic rings. The van der Waals surface area contributed by atoms with Gasteiger partial charge in [-0.25, -0.2) is 4.98 Å². The molecule has 0 spiro atoms. The van der Waals surface area contributed by atoms with Gasteiger partial charge in [-0.15, -0.1) is 0 Å². The van der Waals surface area contributed by atoms with Crippen molar-refractivity contribution >= 4 is 17.4 Å². The van der Waals surface area contributed by atoms with Gasteiger partial charge in [0.25, 0.3) is 5.91 Å². The summed E-state index contributed by atoms with van der Waals surface area (Å²) in [5.74, 6) is 2.69. The number of anilines is 2. The van der Waals surface area contributed by atoms with E-state index >= 15 is 0 Å². The monoisotopic (exact) mass is 385 g/mol. The van der Waals surface area contributed by atoms with E-state index in [9.17, 15) is 4.79 Å². The lowest BCUT2D eigenvalue weighted by Gasteiger charge is -2.31. The molecule has 28 heavy (non-hydrogen) atoms. The molecular weight excluding hydrogens is 358 g/mol. The van der Waals surface area contributed by atoms with Crippen molar-refractivity contribution in [2.24, 2.45) is 5.92 Å². The van der Waals surface area contributed by atoms with Crippen molar-refractivity contribution in [3.63, 3.8) is 0 Å². The van der Waals surface area contributed by atoms with E-state index < -0.39 is 0 Å². The summed E-state index contributed by atoms with van der Waals surface area (Å²) in [6.07, 6.45) is 4.06.